The molecule has 1 atom stereocenters. The topological polar surface area (TPSA) is 115 Å². The fourth-order valence-corrected chi connectivity index (χ4v) is 7.72. The summed E-state index contributed by atoms with van der Waals surface area (Å²) in [7, 11) is -2.09. The molecule has 1 fully saturated rings. The number of nitrogens with zero attached hydrogens (tertiary/aromatic N) is 2. The van der Waals surface area contributed by atoms with Crippen molar-refractivity contribution in [2.45, 2.75) is 29.2 Å². The van der Waals surface area contributed by atoms with E-state index in [1.54, 1.807) is 42.3 Å². The predicted molar refractivity (Wildman–Crippen MR) is 153 cm³/mol. The summed E-state index contributed by atoms with van der Waals surface area (Å²) in [6, 6.07) is 18.5. The van der Waals surface area contributed by atoms with Crippen molar-refractivity contribution >= 4 is 32.6 Å². The number of halogens is 1. The molecule has 0 bridgehead atoms. The summed E-state index contributed by atoms with van der Waals surface area (Å²) in [6.45, 7) is 0.502. The van der Waals surface area contributed by atoms with E-state index in [0.29, 0.717) is 24.3 Å². The molecule has 11 heteroatoms. The Morgan fingerprint density at radius 2 is 1.80 bits per heavy atom. The maximum atomic E-state index is 13.7. The van der Waals surface area contributed by atoms with Crippen LogP contribution < -0.4 is 10.1 Å². The molecule has 2 aliphatic rings. The number of aromatic nitrogens is 1. The first-order chi connectivity index (χ1) is 19.8. The van der Waals surface area contributed by atoms with Crippen molar-refractivity contribution in [2.75, 3.05) is 38.7 Å². The van der Waals surface area contributed by atoms with Crippen LogP contribution in [0.25, 0.3) is 10.9 Å². The molecule has 3 aromatic carbocycles. The predicted octanol–water partition coefficient (Wildman–Crippen LogP) is 4.62. The number of aliphatic hydroxyl groups is 1. The molecule has 0 radical (unpaired) electrons. The lowest BCUT2D eigenvalue weighted by molar-refractivity contribution is 0.0860. The number of H-pyrrole nitrogens is 1. The molecule has 1 aromatic heterocycles. The van der Waals surface area contributed by atoms with Crippen LogP contribution in [0.2, 0.25) is 0 Å². The van der Waals surface area contributed by atoms with Crippen LogP contribution in [0.4, 0.5) is 14.9 Å². The lowest BCUT2D eigenvalue weighted by Gasteiger charge is -2.49. The molecule has 3 N–H and O–H groups in total. The summed E-state index contributed by atoms with van der Waals surface area (Å²) >= 11 is 0. The molecular formula is C30H31FN4O5S. The average molecular weight is 579 g/mol. The third-order valence-corrected chi connectivity index (χ3v) is 10.3. The van der Waals surface area contributed by atoms with Gasteiger partial charge in [0.25, 0.3) is 0 Å². The first-order valence-corrected chi connectivity index (χ1v) is 14.9. The largest absolute Gasteiger partial charge is 0.497 e. The van der Waals surface area contributed by atoms with E-state index < -0.39 is 33.3 Å². The van der Waals surface area contributed by atoms with Gasteiger partial charge in [-0.25, -0.2) is 17.6 Å². The molecule has 2 amide bonds. The molecule has 1 spiro atoms. The van der Waals surface area contributed by atoms with Crippen molar-refractivity contribution in [3.8, 4) is 5.75 Å². The number of aliphatic hydroxyl groups excluding tert-OH is 1. The number of amides is 2. The van der Waals surface area contributed by atoms with Gasteiger partial charge in [-0.1, -0.05) is 18.2 Å². The molecule has 2 aliphatic heterocycles. The molecular weight excluding hydrogens is 547 g/mol. The Kier molecular flexibility index (Phi) is 6.96. The zero-order valence-electron chi connectivity index (χ0n) is 22.5. The van der Waals surface area contributed by atoms with Crippen molar-refractivity contribution in [2.24, 2.45) is 0 Å². The van der Waals surface area contributed by atoms with Gasteiger partial charge in [-0.2, -0.15) is 4.31 Å². The molecule has 0 saturated carbocycles. The number of rotatable bonds is 5. The van der Waals surface area contributed by atoms with Gasteiger partial charge in [0.1, 0.15) is 11.6 Å². The summed E-state index contributed by atoms with van der Waals surface area (Å²) in [4.78, 5) is 18.9. The monoisotopic (exact) mass is 578 g/mol. The number of carbonyl (C=O) groups is 1. The maximum Gasteiger partial charge on any atom is 0.322 e. The van der Waals surface area contributed by atoms with E-state index in [4.69, 9.17) is 4.74 Å². The lowest BCUT2D eigenvalue weighted by atomic mass is 9.68. The minimum atomic E-state index is -3.68. The van der Waals surface area contributed by atoms with E-state index in [1.807, 2.05) is 18.2 Å². The molecule has 0 unspecified atom stereocenters. The Morgan fingerprint density at radius 1 is 1.10 bits per heavy atom. The van der Waals surface area contributed by atoms with E-state index in [-0.39, 0.29) is 31.1 Å². The molecule has 214 valence electrons. The summed E-state index contributed by atoms with van der Waals surface area (Å²) in [5.74, 6) is 0.254. The van der Waals surface area contributed by atoms with E-state index >= 15 is 0 Å². The number of urea groups is 1. The van der Waals surface area contributed by atoms with Crippen molar-refractivity contribution in [3.05, 3.63) is 89.9 Å². The van der Waals surface area contributed by atoms with E-state index in [1.165, 1.54) is 28.6 Å². The first kappa shape index (κ1) is 27.3. The number of aromatic amines is 1. The Hall–Kier alpha value is -3.93. The fourth-order valence-electron chi connectivity index (χ4n) is 6.25. The zero-order chi connectivity index (χ0) is 28.8. The van der Waals surface area contributed by atoms with Crippen LogP contribution >= 0.6 is 0 Å². The van der Waals surface area contributed by atoms with E-state index in [0.717, 1.165) is 22.2 Å². The van der Waals surface area contributed by atoms with E-state index in [2.05, 4.69) is 10.3 Å². The minimum Gasteiger partial charge on any atom is -0.497 e. The van der Waals surface area contributed by atoms with Crippen LogP contribution in [0.5, 0.6) is 5.75 Å². The smallest absolute Gasteiger partial charge is 0.322 e. The molecule has 9 nitrogen and oxygen atoms in total. The van der Waals surface area contributed by atoms with Gasteiger partial charge >= 0.3 is 6.03 Å². The number of ether oxygens (including phenoxy) is 1. The molecule has 41 heavy (non-hydrogen) atoms. The molecule has 0 aliphatic carbocycles. The molecule has 4 aromatic rings. The highest BCUT2D eigenvalue weighted by Gasteiger charge is 2.50. The maximum absolute atomic E-state index is 13.7. The number of benzene rings is 3. The Bertz CT molecular complexity index is 1680. The third kappa shape index (κ3) is 4.73. The summed E-state index contributed by atoms with van der Waals surface area (Å²) in [5, 5.41) is 14.3. The Morgan fingerprint density at radius 3 is 2.46 bits per heavy atom. The van der Waals surface area contributed by atoms with Crippen LogP contribution in [0.1, 0.15) is 30.1 Å². The van der Waals surface area contributed by atoms with Gasteiger partial charge in [0, 0.05) is 53.4 Å². The van der Waals surface area contributed by atoms with Gasteiger partial charge in [-0.05, 0) is 66.9 Å². The van der Waals surface area contributed by atoms with Crippen LogP contribution in [0.3, 0.4) is 0 Å². The van der Waals surface area contributed by atoms with Gasteiger partial charge in [-0.15, -0.1) is 0 Å². The summed E-state index contributed by atoms with van der Waals surface area (Å²) in [6.07, 6.45) is 0.951. The fraction of sp³-hybridized carbons (Fsp3) is 0.300. The number of piperidine rings is 1. The Labute approximate surface area is 237 Å². The highest BCUT2D eigenvalue weighted by atomic mass is 32.2. The second-order valence-corrected chi connectivity index (χ2v) is 12.5. The van der Waals surface area contributed by atoms with Crippen molar-refractivity contribution in [3.63, 3.8) is 0 Å². The van der Waals surface area contributed by atoms with Gasteiger partial charge in [0.2, 0.25) is 10.0 Å². The van der Waals surface area contributed by atoms with Crippen molar-refractivity contribution < 1.29 is 27.4 Å². The van der Waals surface area contributed by atoms with Gasteiger partial charge < -0.3 is 25.0 Å². The second-order valence-electron chi connectivity index (χ2n) is 10.6. The summed E-state index contributed by atoms with van der Waals surface area (Å²) in [5.41, 5.74) is 2.38. The number of anilines is 1. The SMILES string of the molecule is COc1ccc2c3c([nH]c2c1)[C@H](CO)N(C(=O)Nc1ccc(F)cc1)CC31CCN(S(=O)(=O)c2ccccc2)CC1. The number of carbonyl (C=O) groups excluding carboxylic acids is 1. The number of methoxy groups -OCH3 is 1. The van der Waals surface area contributed by atoms with E-state index in [9.17, 15) is 22.7 Å². The highest BCUT2D eigenvalue weighted by molar-refractivity contribution is 7.89. The van der Waals surface area contributed by atoms with Crippen LogP contribution in [-0.2, 0) is 15.4 Å². The second kappa shape index (κ2) is 10.5. The number of sulfonamides is 1. The molecule has 6 rings (SSSR count). The minimum absolute atomic E-state index is 0.250. The number of fused-ring (bicyclic) bond motifs is 4. The molecule has 3 heterocycles. The van der Waals surface area contributed by atoms with Crippen LogP contribution in [-0.4, -0.2) is 67.1 Å². The quantitative estimate of drug-likeness (QED) is 0.320. The van der Waals surface area contributed by atoms with Crippen LogP contribution in [0.15, 0.2) is 77.7 Å². The zero-order valence-corrected chi connectivity index (χ0v) is 23.3. The number of hydrogen-bond donors (Lipinski definition) is 3. The summed E-state index contributed by atoms with van der Waals surface area (Å²) < 4.78 is 47.2. The van der Waals surface area contributed by atoms with Gasteiger partial charge in [-0.3, -0.25) is 0 Å². The average Bonchev–Trinajstić information content (AvgIpc) is 3.38. The lowest BCUT2D eigenvalue weighted by Crippen LogP contribution is -2.56. The van der Waals surface area contributed by atoms with Crippen molar-refractivity contribution in [1.82, 2.24) is 14.2 Å². The normalized spacial score (nSPS) is 18.8. The number of nitrogens with one attached hydrogen (secondary N) is 2. The standard InChI is InChI=1S/C30H31FN4O5S/c1-40-22-11-12-24-25(17-22)33-28-26(18-36)35(29(37)32-21-9-7-20(31)8-10-21)19-30(27(24)28)13-15-34(16-14-30)41(38,39)23-5-3-2-4-6-23/h2-12,17,26,33,36H,13-16,18-19H2,1H3,(H,32,37)/t26-/m0/s1. The Balaban J connectivity index is 1.39. The molecule has 1 saturated heterocycles. The van der Waals surface area contributed by atoms with Crippen LogP contribution in [0, 0.1) is 5.82 Å². The van der Waals surface area contributed by atoms with Crippen molar-refractivity contribution in [1.29, 1.82) is 0 Å². The first-order valence-electron chi connectivity index (χ1n) is 13.4. The number of hydrogen-bond acceptors (Lipinski definition) is 5. The third-order valence-electron chi connectivity index (χ3n) is 8.34. The highest BCUT2D eigenvalue weighted by Crippen LogP contribution is 2.49. The van der Waals surface area contributed by atoms with Gasteiger partial charge in [0.05, 0.1) is 24.7 Å². The van der Waals surface area contributed by atoms with Gasteiger partial charge in [0.15, 0.2) is 0 Å².